The van der Waals surface area contributed by atoms with Crippen LogP contribution in [0.5, 0.6) is 0 Å². The van der Waals surface area contributed by atoms with E-state index < -0.39 is 11.8 Å². The SMILES string of the molecule is C=CCN1C(=O)/C(=C\c2ccc(-c3ccc(C)cc3)o2)C(=O)NC1=S. The van der Waals surface area contributed by atoms with Gasteiger partial charge in [0.2, 0.25) is 0 Å². The quantitative estimate of drug-likeness (QED) is 0.398. The molecule has 5 nitrogen and oxygen atoms in total. The van der Waals surface area contributed by atoms with Crippen molar-refractivity contribution in [1.29, 1.82) is 0 Å². The topological polar surface area (TPSA) is 62.6 Å². The van der Waals surface area contributed by atoms with Crippen LogP contribution in [0.25, 0.3) is 17.4 Å². The Kier molecular flexibility index (Phi) is 4.63. The molecule has 3 rings (SSSR count). The van der Waals surface area contributed by atoms with Crippen molar-refractivity contribution in [3.63, 3.8) is 0 Å². The summed E-state index contributed by atoms with van der Waals surface area (Å²) in [5.74, 6) is 0.0694. The lowest BCUT2D eigenvalue weighted by molar-refractivity contribution is -0.128. The van der Waals surface area contributed by atoms with Gasteiger partial charge < -0.3 is 4.42 Å². The molecule has 0 saturated carbocycles. The lowest BCUT2D eigenvalue weighted by Crippen LogP contribution is -2.53. The molecule has 1 aromatic carbocycles. The molecule has 0 atom stereocenters. The van der Waals surface area contributed by atoms with Gasteiger partial charge in [0.05, 0.1) is 0 Å². The third-order valence-electron chi connectivity index (χ3n) is 3.75. The van der Waals surface area contributed by atoms with Crippen LogP contribution in [0.2, 0.25) is 0 Å². The van der Waals surface area contributed by atoms with Crippen molar-refractivity contribution in [2.75, 3.05) is 6.54 Å². The first-order valence-electron chi connectivity index (χ1n) is 7.66. The number of hydrogen-bond acceptors (Lipinski definition) is 4. The Morgan fingerprint density at radius 2 is 1.92 bits per heavy atom. The molecule has 1 fully saturated rings. The summed E-state index contributed by atoms with van der Waals surface area (Å²) in [5.41, 5.74) is 2.05. The van der Waals surface area contributed by atoms with Crippen LogP contribution in [-0.2, 0) is 9.59 Å². The Balaban J connectivity index is 1.90. The number of carbonyl (C=O) groups is 2. The van der Waals surface area contributed by atoms with E-state index in [1.54, 1.807) is 18.2 Å². The summed E-state index contributed by atoms with van der Waals surface area (Å²) in [6.45, 7) is 5.82. The zero-order chi connectivity index (χ0) is 18.0. The van der Waals surface area contributed by atoms with Gasteiger partial charge in [-0.3, -0.25) is 19.8 Å². The smallest absolute Gasteiger partial charge is 0.266 e. The Bertz CT molecular complexity index is 894. The summed E-state index contributed by atoms with van der Waals surface area (Å²) < 4.78 is 5.75. The van der Waals surface area contributed by atoms with Gasteiger partial charge in [-0.05, 0) is 37.4 Å². The van der Waals surface area contributed by atoms with E-state index in [-0.39, 0.29) is 17.2 Å². The number of thiocarbonyl (C=S) groups is 1. The third-order valence-corrected chi connectivity index (χ3v) is 4.07. The molecule has 126 valence electrons. The summed E-state index contributed by atoms with van der Waals surface area (Å²) in [5, 5.41) is 2.58. The molecule has 0 radical (unpaired) electrons. The number of nitrogens with zero attached hydrogens (tertiary/aromatic N) is 1. The van der Waals surface area contributed by atoms with E-state index in [0.29, 0.717) is 11.5 Å². The maximum atomic E-state index is 12.5. The fourth-order valence-electron chi connectivity index (χ4n) is 2.43. The number of carbonyl (C=O) groups excluding carboxylic acids is 2. The van der Waals surface area contributed by atoms with Gasteiger partial charge in [0.1, 0.15) is 17.1 Å². The second-order valence-electron chi connectivity index (χ2n) is 5.59. The van der Waals surface area contributed by atoms with E-state index in [1.807, 2.05) is 31.2 Å². The summed E-state index contributed by atoms with van der Waals surface area (Å²) in [7, 11) is 0. The molecule has 25 heavy (non-hydrogen) atoms. The number of furan rings is 1. The molecule has 1 N–H and O–H groups in total. The Morgan fingerprint density at radius 3 is 2.60 bits per heavy atom. The largest absolute Gasteiger partial charge is 0.457 e. The van der Waals surface area contributed by atoms with Crippen LogP contribution in [0.4, 0.5) is 0 Å². The van der Waals surface area contributed by atoms with Gasteiger partial charge >= 0.3 is 0 Å². The Morgan fingerprint density at radius 1 is 1.20 bits per heavy atom. The summed E-state index contributed by atoms with van der Waals surface area (Å²) in [6.07, 6.45) is 2.97. The number of benzene rings is 1. The second-order valence-corrected chi connectivity index (χ2v) is 5.98. The minimum absolute atomic E-state index is 0.0275. The molecule has 0 bridgehead atoms. The Hall–Kier alpha value is -2.99. The zero-order valence-electron chi connectivity index (χ0n) is 13.6. The number of amides is 2. The predicted octanol–water partition coefficient (Wildman–Crippen LogP) is 3.07. The molecule has 1 aromatic heterocycles. The highest BCUT2D eigenvalue weighted by molar-refractivity contribution is 7.80. The van der Waals surface area contributed by atoms with Crippen molar-refractivity contribution in [3.05, 3.63) is 65.9 Å². The highest BCUT2D eigenvalue weighted by Gasteiger charge is 2.32. The maximum absolute atomic E-state index is 12.5. The molecule has 2 heterocycles. The number of aryl methyl sites for hydroxylation is 1. The normalized spacial score (nSPS) is 16.3. The molecule has 2 aromatic rings. The van der Waals surface area contributed by atoms with Crippen molar-refractivity contribution >= 4 is 35.2 Å². The van der Waals surface area contributed by atoms with Gasteiger partial charge in [-0.15, -0.1) is 6.58 Å². The molecule has 1 saturated heterocycles. The van der Waals surface area contributed by atoms with Crippen LogP contribution in [-0.4, -0.2) is 28.4 Å². The van der Waals surface area contributed by atoms with Crippen LogP contribution in [0.15, 0.2) is 59.0 Å². The van der Waals surface area contributed by atoms with Crippen molar-refractivity contribution < 1.29 is 14.0 Å². The van der Waals surface area contributed by atoms with Crippen molar-refractivity contribution in [1.82, 2.24) is 10.2 Å². The molecule has 1 aliphatic heterocycles. The average Bonchev–Trinajstić information content (AvgIpc) is 3.05. The van der Waals surface area contributed by atoms with Gasteiger partial charge in [-0.1, -0.05) is 35.9 Å². The fraction of sp³-hybridized carbons (Fsp3) is 0.105. The molecule has 1 aliphatic rings. The fourth-order valence-corrected chi connectivity index (χ4v) is 2.68. The molecule has 2 amide bonds. The van der Waals surface area contributed by atoms with Gasteiger partial charge in [-0.25, -0.2) is 0 Å². The van der Waals surface area contributed by atoms with Crippen LogP contribution < -0.4 is 5.32 Å². The predicted molar refractivity (Wildman–Crippen MR) is 99.5 cm³/mol. The van der Waals surface area contributed by atoms with E-state index in [2.05, 4.69) is 11.9 Å². The van der Waals surface area contributed by atoms with E-state index in [0.717, 1.165) is 11.1 Å². The highest BCUT2D eigenvalue weighted by atomic mass is 32.1. The average molecular weight is 352 g/mol. The lowest BCUT2D eigenvalue weighted by Gasteiger charge is -2.27. The molecule has 0 unspecified atom stereocenters. The highest BCUT2D eigenvalue weighted by Crippen LogP contribution is 2.24. The van der Waals surface area contributed by atoms with Crippen LogP contribution >= 0.6 is 12.2 Å². The first kappa shape index (κ1) is 16.9. The first-order chi connectivity index (χ1) is 12.0. The van der Waals surface area contributed by atoms with Gasteiger partial charge in [0, 0.05) is 12.1 Å². The van der Waals surface area contributed by atoms with Crippen LogP contribution in [0.3, 0.4) is 0 Å². The number of nitrogens with one attached hydrogen (secondary N) is 1. The van der Waals surface area contributed by atoms with E-state index in [1.165, 1.54) is 11.0 Å². The summed E-state index contributed by atoms with van der Waals surface area (Å²) in [6, 6.07) is 11.4. The first-order valence-corrected chi connectivity index (χ1v) is 8.07. The minimum Gasteiger partial charge on any atom is -0.457 e. The lowest BCUT2D eigenvalue weighted by atomic mass is 10.1. The van der Waals surface area contributed by atoms with Gasteiger partial charge in [0.15, 0.2) is 5.11 Å². The zero-order valence-corrected chi connectivity index (χ0v) is 14.4. The van der Waals surface area contributed by atoms with Crippen molar-refractivity contribution in [3.8, 4) is 11.3 Å². The summed E-state index contributed by atoms with van der Waals surface area (Å²) in [4.78, 5) is 25.9. The maximum Gasteiger partial charge on any atom is 0.266 e. The third kappa shape index (κ3) is 3.44. The molecular formula is C19H16N2O3S. The van der Waals surface area contributed by atoms with E-state index >= 15 is 0 Å². The Labute approximate surface area is 150 Å². The van der Waals surface area contributed by atoms with E-state index in [4.69, 9.17) is 16.6 Å². The number of hydrogen-bond donors (Lipinski definition) is 1. The molecular weight excluding hydrogens is 336 g/mol. The van der Waals surface area contributed by atoms with Crippen LogP contribution in [0, 0.1) is 6.92 Å². The standard InChI is InChI=1S/C19H16N2O3S/c1-3-10-21-18(23)15(17(22)20-19(21)25)11-14-8-9-16(24-14)13-6-4-12(2)5-7-13/h3-9,11H,1,10H2,2H3,(H,20,22,25)/b15-11-. The minimum atomic E-state index is -0.538. The van der Waals surface area contributed by atoms with Crippen molar-refractivity contribution in [2.24, 2.45) is 0 Å². The van der Waals surface area contributed by atoms with Gasteiger partial charge in [0.25, 0.3) is 11.8 Å². The van der Waals surface area contributed by atoms with Crippen molar-refractivity contribution in [2.45, 2.75) is 6.92 Å². The second kappa shape index (κ2) is 6.86. The monoisotopic (exact) mass is 352 g/mol. The summed E-state index contributed by atoms with van der Waals surface area (Å²) >= 11 is 5.02. The number of rotatable bonds is 4. The molecule has 0 spiro atoms. The molecule has 0 aliphatic carbocycles. The van der Waals surface area contributed by atoms with E-state index in [9.17, 15) is 9.59 Å². The molecule has 6 heteroatoms. The van der Waals surface area contributed by atoms with Crippen LogP contribution in [0.1, 0.15) is 11.3 Å². The van der Waals surface area contributed by atoms with Gasteiger partial charge in [-0.2, -0.15) is 0 Å².